The molecule has 1 aromatic carbocycles. The van der Waals surface area contributed by atoms with Crippen LogP contribution in [-0.4, -0.2) is 23.0 Å². The standard InChI is InChI=1S/C23H26N2/c1-17(2)22-9-8-19-6-7-20(13-23(19)22)21-12-18(14-24-15-21)16-25-10-4-3-5-11-25/h6-7,9,12-15H,1,3-5,8,10-11,16H2,2H3. The molecule has 0 unspecified atom stereocenters. The third kappa shape index (κ3) is 3.45. The molecule has 25 heavy (non-hydrogen) atoms. The third-order valence-corrected chi connectivity index (χ3v) is 5.37. The molecule has 0 amide bonds. The van der Waals surface area contributed by atoms with E-state index in [1.807, 2.05) is 12.4 Å². The van der Waals surface area contributed by atoms with E-state index in [-0.39, 0.29) is 0 Å². The summed E-state index contributed by atoms with van der Waals surface area (Å²) in [5, 5.41) is 0. The van der Waals surface area contributed by atoms with Gasteiger partial charge in [0.2, 0.25) is 0 Å². The normalized spacial score (nSPS) is 17.2. The fourth-order valence-electron chi connectivity index (χ4n) is 4.02. The lowest BCUT2D eigenvalue weighted by atomic mass is 9.96. The fraction of sp³-hybridized carbons (Fsp3) is 0.348. The van der Waals surface area contributed by atoms with Gasteiger partial charge in [0.15, 0.2) is 0 Å². The van der Waals surface area contributed by atoms with E-state index >= 15 is 0 Å². The number of fused-ring (bicyclic) bond motifs is 1. The van der Waals surface area contributed by atoms with Gasteiger partial charge in [-0.1, -0.05) is 36.8 Å². The van der Waals surface area contributed by atoms with Gasteiger partial charge in [-0.3, -0.25) is 9.88 Å². The van der Waals surface area contributed by atoms with Crippen molar-refractivity contribution in [3.05, 3.63) is 71.6 Å². The third-order valence-electron chi connectivity index (χ3n) is 5.37. The molecule has 1 aromatic heterocycles. The topological polar surface area (TPSA) is 16.1 Å². The highest BCUT2D eigenvalue weighted by molar-refractivity contribution is 5.85. The van der Waals surface area contributed by atoms with E-state index in [1.54, 1.807) is 0 Å². The zero-order valence-electron chi connectivity index (χ0n) is 15.1. The summed E-state index contributed by atoms with van der Waals surface area (Å²) < 4.78 is 0. The maximum Gasteiger partial charge on any atom is 0.0346 e. The summed E-state index contributed by atoms with van der Waals surface area (Å²) in [6.07, 6.45) is 11.3. The molecule has 0 bridgehead atoms. The van der Waals surface area contributed by atoms with Crippen LogP contribution in [0, 0.1) is 0 Å². The minimum atomic E-state index is 1.02. The number of pyridine rings is 1. The molecular weight excluding hydrogens is 304 g/mol. The van der Waals surface area contributed by atoms with Crippen LogP contribution in [0.2, 0.25) is 0 Å². The first-order chi connectivity index (χ1) is 12.2. The highest BCUT2D eigenvalue weighted by Crippen LogP contribution is 2.35. The lowest BCUT2D eigenvalue weighted by molar-refractivity contribution is 0.220. The van der Waals surface area contributed by atoms with Crippen LogP contribution < -0.4 is 0 Å². The van der Waals surface area contributed by atoms with Crippen molar-refractivity contribution in [2.75, 3.05) is 13.1 Å². The van der Waals surface area contributed by atoms with Crippen LogP contribution in [-0.2, 0) is 13.0 Å². The van der Waals surface area contributed by atoms with Gasteiger partial charge in [-0.05, 0) is 79.2 Å². The Balaban J connectivity index is 1.60. The van der Waals surface area contributed by atoms with Gasteiger partial charge in [0.1, 0.15) is 0 Å². The van der Waals surface area contributed by atoms with Gasteiger partial charge < -0.3 is 0 Å². The van der Waals surface area contributed by atoms with Crippen LogP contribution in [0.1, 0.15) is 42.9 Å². The van der Waals surface area contributed by atoms with E-state index in [0.717, 1.165) is 18.5 Å². The molecule has 2 aromatic rings. The summed E-state index contributed by atoms with van der Waals surface area (Å²) in [5.41, 5.74) is 8.97. The molecule has 2 aliphatic rings. The van der Waals surface area contributed by atoms with Gasteiger partial charge >= 0.3 is 0 Å². The lowest BCUT2D eigenvalue weighted by Crippen LogP contribution is -2.29. The van der Waals surface area contributed by atoms with Crippen molar-refractivity contribution in [3.63, 3.8) is 0 Å². The highest BCUT2D eigenvalue weighted by atomic mass is 15.1. The first-order valence-corrected chi connectivity index (χ1v) is 9.37. The number of hydrogen-bond donors (Lipinski definition) is 0. The number of rotatable bonds is 4. The van der Waals surface area contributed by atoms with Gasteiger partial charge in [-0.15, -0.1) is 0 Å². The molecule has 2 heterocycles. The lowest BCUT2D eigenvalue weighted by Gasteiger charge is -2.26. The second kappa shape index (κ2) is 6.97. The number of allylic oxidation sites excluding steroid dienone is 3. The average molecular weight is 330 g/mol. The summed E-state index contributed by atoms with van der Waals surface area (Å²) in [4.78, 5) is 7.07. The zero-order chi connectivity index (χ0) is 17.2. The first-order valence-electron chi connectivity index (χ1n) is 9.37. The van der Waals surface area contributed by atoms with Crippen LogP contribution in [0.15, 0.2) is 54.9 Å². The largest absolute Gasteiger partial charge is 0.299 e. The fourth-order valence-corrected chi connectivity index (χ4v) is 4.02. The van der Waals surface area contributed by atoms with Crippen molar-refractivity contribution < 1.29 is 0 Å². The Morgan fingerprint density at radius 1 is 1.08 bits per heavy atom. The molecule has 1 fully saturated rings. The summed E-state index contributed by atoms with van der Waals surface area (Å²) in [6.45, 7) is 9.68. The Hall–Kier alpha value is -2.19. The SMILES string of the molecule is C=C(C)C1=CCc2ccc(-c3cncc(CN4CCCCC4)c3)cc21. The quantitative estimate of drug-likeness (QED) is 0.761. The van der Waals surface area contributed by atoms with E-state index in [9.17, 15) is 0 Å². The van der Waals surface area contributed by atoms with Crippen molar-refractivity contribution in [1.29, 1.82) is 0 Å². The maximum atomic E-state index is 4.52. The summed E-state index contributed by atoms with van der Waals surface area (Å²) >= 11 is 0. The Labute approximate surface area is 150 Å². The van der Waals surface area contributed by atoms with E-state index in [1.165, 1.54) is 65.7 Å². The van der Waals surface area contributed by atoms with E-state index < -0.39 is 0 Å². The molecule has 0 radical (unpaired) electrons. The molecule has 0 atom stereocenters. The zero-order valence-corrected chi connectivity index (χ0v) is 15.1. The van der Waals surface area contributed by atoms with E-state index in [0.29, 0.717) is 0 Å². The van der Waals surface area contributed by atoms with Crippen LogP contribution in [0.4, 0.5) is 0 Å². The van der Waals surface area contributed by atoms with Gasteiger partial charge in [0.25, 0.3) is 0 Å². The molecule has 0 spiro atoms. The number of nitrogens with zero attached hydrogens (tertiary/aromatic N) is 2. The monoisotopic (exact) mass is 330 g/mol. The van der Waals surface area contributed by atoms with Gasteiger partial charge in [0, 0.05) is 24.5 Å². The molecule has 1 aliphatic heterocycles. The molecular formula is C23H26N2. The number of likely N-dealkylation sites (tertiary alicyclic amines) is 1. The van der Waals surface area contributed by atoms with Crippen LogP contribution in [0.3, 0.4) is 0 Å². The molecule has 2 heteroatoms. The van der Waals surface area contributed by atoms with Gasteiger partial charge in [0.05, 0.1) is 0 Å². The smallest absolute Gasteiger partial charge is 0.0346 e. The minimum Gasteiger partial charge on any atom is -0.299 e. The summed E-state index contributed by atoms with van der Waals surface area (Å²) in [6, 6.07) is 9.11. The second-order valence-electron chi connectivity index (χ2n) is 7.39. The van der Waals surface area contributed by atoms with Gasteiger partial charge in [-0.25, -0.2) is 0 Å². The molecule has 0 N–H and O–H groups in total. The van der Waals surface area contributed by atoms with Crippen molar-refractivity contribution in [3.8, 4) is 11.1 Å². The van der Waals surface area contributed by atoms with Crippen molar-refractivity contribution in [1.82, 2.24) is 9.88 Å². The van der Waals surface area contributed by atoms with Crippen LogP contribution >= 0.6 is 0 Å². The molecule has 128 valence electrons. The Kier molecular flexibility index (Phi) is 4.54. The highest BCUT2D eigenvalue weighted by Gasteiger charge is 2.16. The van der Waals surface area contributed by atoms with Gasteiger partial charge in [-0.2, -0.15) is 0 Å². The number of piperidine rings is 1. The Bertz CT molecular complexity index is 826. The maximum absolute atomic E-state index is 4.52. The van der Waals surface area contributed by atoms with Crippen molar-refractivity contribution in [2.24, 2.45) is 0 Å². The molecule has 0 saturated carbocycles. The predicted octanol–water partition coefficient (Wildman–Crippen LogP) is 5.25. The van der Waals surface area contributed by atoms with Crippen molar-refractivity contribution in [2.45, 2.75) is 39.2 Å². The Morgan fingerprint density at radius 2 is 1.92 bits per heavy atom. The summed E-state index contributed by atoms with van der Waals surface area (Å²) in [5.74, 6) is 0. The van der Waals surface area contributed by atoms with Crippen LogP contribution in [0.5, 0.6) is 0 Å². The number of aromatic nitrogens is 1. The number of benzene rings is 1. The summed E-state index contributed by atoms with van der Waals surface area (Å²) in [7, 11) is 0. The van der Waals surface area contributed by atoms with Crippen molar-refractivity contribution >= 4 is 5.57 Å². The van der Waals surface area contributed by atoms with E-state index in [4.69, 9.17) is 0 Å². The number of hydrogen-bond acceptors (Lipinski definition) is 2. The average Bonchev–Trinajstić information content (AvgIpc) is 3.06. The second-order valence-corrected chi connectivity index (χ2v) is 7.39. The molecule has 4 rings (SSSR count). The predicted molar refractivity (Wildman–Crippen MR) is 105 cm³/mol. The molecule has 1 aliphatic carbocycles. The molecule has 1 saturated heterocycles. The van der Waals surface area contributed by atoms with E-state index in [2.05, 4.69) is 53.7 Å². The Morgan fingerprint density at radius 3 is 2.72 bits per heavy atom. The minimum absolute atomic E-state index is 1.02. The van der Waals surface area contributed by atoms with Crippen LogP contribution in [0.25, 0.3) is 16.7 Å². The first kappa shape index (κ1) is 16.3. The molecule has 2 nitrogen and oxygen atoms in total.